The predicted octanol–water partition coefficient (Wildman–Crippen LogP) is 2.03. The molecule has 3 rings (SSSR count). The molecule has 1 aliphatic heterocycles. The van der Waals surface area contributed by atoms with Crippen molar-refractivity contribution in [1.29, 1.82) is 0 Å². The number of aliphatic hydroxyl groups is 1. The lowest BCUT2D eigenvalue weighted by Crippen LogP contribution is -2.39. The molecule has 0 saturated carbocycles. The predicted molar refractivity (Wildman–Crippen MR) is 84.5 cm³/mol. The lowest BCUT2D eigenvalue weighted by molar-refractivity contribution is 0.0457. The topological polar surface area (TPSA) is 66.8 Å². The van der Waals surface area contributed by atoms with Crippen LogP contribution in [0.4, 0.5) is 0 Å². The van der Waals surface area contributed by atoms with Gasteiger partial charge in [-0.2, -0.15) is 0 Å². The van der Waals surface area contributed by atoms with E-state index >= 15 is 0 Å². The summed E-state index contributed by atoms with van der Waals surface area (Å²) in [5.41, 5.74) is 1.87. The summed E-state index contributed by atoms with van der Waals surface area (Å²) in [4.78, 5) is 25.5. The van der Waals surface area contributed by atoms with Crippen LogP contribution in [0.2, 0.25) is 0 Å². The summed E-state index contributed by atoms with van der Waals surface area (Å²) in [5.74, 6) is -0.114. The van der Waals surface area contributed by atoms with Gasteiger partial charge in [-0.1, -0.05) is 29.8 Å². The van der Waals surface area contributed by atoms with Crippen LogP contribution in [0.15, 0.2) is 48.5 Å². The van der Waals surface area contributed by atoms with Crippen molar-refractivity contribution in [2.45, 2.75) is 13.0 Å². The lowest BCUT2D eigenvalue weighted by Gasteiger charge is -2.18. The summed E-state index contributed by atoms with van der Waals surface area (Å²) in [6, 6.07) is 14.1. The number of rotatable bonds is 5. The van der Waals surface area contributed by atoms with Gasteiger partial charge in [0.2, 0.25) is 0 Å². The molecule has 5 heteroatoms. The van der Waals surface area contributed by atoms with Gasteiger partial charge in [0.05, 0.1) is 17.7 Å². The third-order valence-corrected chi connectivity index (χ3v) is 3.73. The van der Waals surface area contributed by atoms with E-state index in [1.165, 1.54) is 0 Å². The molecule has 1 unspecified atom stereocenters. The molecule has 0 fully saturated rings. The summed E-state index contributed by atoms with van der Waals surface area (Å²) in [6.07, 6.45) is -0.946. The van der Waals surface area contributed by atoms with Crippen LogP contribution in [0.25, 0.3) is 0 Å². The molecule has 0 spiro atoms. The maximum Gasteiger partial charge on any atom is 0.261 e. The van der Waals surface area contributed by atoms with E-state index in [2.05, 4.69) is 0 Å². The maximum atomic E-state index is 12.2. The number of benzene rings is 2. The Kier molecular flexibility index (Phi) is 4.12. The zero-order chi connectivity index (χ0) is 16.4. The summed E-state index contributed by atoms with van der Waals surface area (Å²) in [5, 5.41) is 10.1. The zero-order valence-corrected chi connectivity index (χ0v) is 12.7. The first kappa shape index (κ1) is 15.2. The molecular weight excluding hydrogens is 294 g/mol. The molecule has 5 nitrogen and oxygen atoms in total. The number of carbonyl (C=O) groups is 2. The molecule has 2 aromatic carbocycles. The Labute approximate surface area is 134 Å². The van der Waals surface area contributed by atoms with Crippen molar-refractivity contribution in [3.05, 3.63) is 65.2 Å². The number of ether oxygens (including phenoxy) is 1. The van der Waals surface area contributed by atoms with E-state index < -0.39 is 6.10 Å². The number of amides is 2. The van der Waals surface area contributed by atoms with Gasteiger partial charge in [-0.15, -0.1) is 0 Å². The van der Waals surface area contributed by atoms with Crippen molar-refractivity contribution < 1.29 is 19.4 Å². The van der Waals surface area contributed by atoms with Gasteiger partial charge < -0.3 is 9.84 Å². The van der Waals surface area contributed by atoms with Crippen LogP contribution in [0.3, 0.4) is 0 Å². The van der Waals surface area contributed by atoms with E-state index in [0.29, 0.717) is 16.9 Å². The number of hydrogen-bond donors (Lipinski definition) is 1. The van der Waals surface area contributed by atoms with Gasteiger partial charge in [-0.25, -0.2) is 0 Å². The second-order valence-electron chi connectivity index (χ2n) is 5.54. The fourth-order valence-corrected chi connectivity index (χ4v) is 2.50. The molecule has 0 saturated heterocycles. The van der Waals surface area contributed by atoms with Gasteiger partial charge in [-0.05, 0) is 31.2 Å². The lowest BCUT2D eigenvalue weighted by atomic mass is 10.1. The SMILES string of the molecule is Cc1ccc(OCC(O)CN2C(=O)c3ccccc3C2=O)cc1. The highest BCUT2D eigenvalue weighted by Gasteiger charge is 2.36. The van der Waals surface area contributed by atoms with E-state index in [1.54, 1.807) is 24.3 Å². The van der Waals surface area contributed by atoms with Crippen molar-refractivity contribution in [3.63, 3.8) is 0 Å². The van der Waals surface area contributed by atoms with Gasteiger partial charge in [0.15, 0.2) is 0 Å². The number of carbonyl (C=O) groups excluding carboxylic acids is 2. The van der Waals surface area contributed by atoms with Crippen LogP contribution in [0.1, 0.15) is 26.3 Å². The second-order valence-corrected chi connectivity index (χ2v) is 5.54. The van der Waals surface area contributed by atoms with Crippen LogP contribution >= 0.6 is 0 Å². The highest BCUT2D eigenvalue weighted by molar-refractivity contribution is 6.21. The van der Waals surface area contributed by atoms with E-state index in [9.17, 15) is 14.7 Å². The molecule has 0 aromatic heterocycles. The Morgan fingerprint density at radius 3 is 2.13 bits per heavy atom. The summed E-state index contributed by atoms with van der Waals surface area (Å²) in [6.45, 7) is 1.90. The van der Waals surface area contributed by atoms with Crippen molar-refractivity contribution in [2.75, 3.05) is 13.2 Å². The molecule has 118 valence electrons. The Bertz CT molecular complexity index is 704. The van der Waals surface area contributed by atoms with Gasteiger partial charge in [-0.3, -0.25) is 14.5 Å². The first-order valence-corrected chi connectivity index (χ1v) is 7.39. The Morgan fingerprint density at radius 2 is 1.57 bits per heavy atom. The quantitative estimate of drug-likeness (QED) is 0.858. The summed E-state index contributed by atoms with van der Waals surface area (Å²) < 4.78 is 5.48. The molecule has 1 N–H and O–H groups in total. The molecule has 0 radical (unpaired) electrons. The van der Waals surface area contributed by atoms with E-state index in [4.69, 9.17) is 4.74 Å². The minimum Gasteiger partial charge on any atom is -0.491 e. The fourth-order valence-electron chi connectivity index (χ4n) is 2.50. The second kappa shape index (κ2) is 6.22. The standard InChI is InChI=1S/C18H17NO4/c1-12-6-8-14(9-7-12)23-11-13(20)10-19-17(21)15-4-2-3-5-16(15)18(19)22/h2-9,13,20H,10-11H2,1H3. The molecule has 2 aromatic rings. The van der Waals surface area contributed by atoms with Gasteiger partial charge in [0, 0.05) is 0 Å². The molecule has 1 heterocycles. The van der Waals surface area contributed by atoms with Crippen molar-refractivity contribution in [3.8, 4) is 5.75 Å². The summed E-state index contributed by atoms with van der Waals surface area (Å²) >= 11 is 0. The Morgan fingerprint density at radius 1 is 1.00 bits per heavy atom. The largest absolute Gasteiger partial charge is 0.491 e. The van der Waals surface area contributed by atoms with E-state index in [-0.39, 0.29) is 25.0 Å². The van der Waals surface area contributed by atoms with Crippen LogP contribution in [-0.2, 0) is 0 Å². The number of fused-ring (bicyclic) bond motifs is 1. The monoisotopic (exact) mass is 311 g/mol. The minimum absolute atomic E-state index is 0.0104. The van der Waals surface area contributed by atoms with E-state index in [0.717, 1.165) is 10.5 Å². The zero-order valence-electron chi connectivity index (χ0n) is 12.7. The molecule has 1 aliphatic rings. The molecule has 0 bridgehead atoms. The van der Waals surface area contributed by atoms with Crippen molar-refractivity contribution in [1.82, 2.24) is 4.90 Å². The van der Waals surface area contributed by atoms with Crippen LogP contribution in [0, 0.1) is 6.92 Å². The fraction of sp³-hybridized carbons (Fsp3) is 0.222. The third-order valence-electron chi connectivity index (χ3n) is 3.73. The van der Waals surface area contributed by atoms with Gasteiger partial charge >= 0.3 is 0 Å². The van der Waals surface area contributed by atoms with Crippen LogP contribution in [-0.4, -0.2) is 41.1 Å². The van der Waals surface area contributed by atoms with Crippen molar-refractivity contribution in [2.24, 2.45) is 0 Å². The average molecular weight is 311 g/mol. The number of aliphatic hydroxyl groups excluding tert-OH is 1. The van der Waals surface area contributed by atoms with Crippen LogP contribution < -0.4 is 4.74 Å². The first-order chi connectivity index (χ1) is 11.1. The highest BCUT2D eigenvalue weighted by Crippen LogP contribution is 2.22. The third kappa shape index (κ3) is 3.10. The maximum absolute atomic E-state index is 12.2. The number of hydrogen-bond acceptors (Lipinski definition) is 4. The smallest absolute Gasteiger partial charge is 0.261 e. The number of nitrogens with zero attached hydrogens (tertiary/aromatic N) is 1. The summed E-state index contributed by atoms with van der Waals surface area (Å²) in [7, 11) is 0. The van der Waals surface area contributed by atoms with Crippen LogP contribution in [0.5, 0.6) is 5.75 Å². The van der Waals surface area contributed by atoms with Gasteiger partial charge in [0.25, 0.3) is 11.8 Å². The Balaban J connectivity index is 1.60. The Hall–Kier alpha value is -2.66. The van der Waals surface area contributed by atoms with Crippen molar-refractivity contribution >= 4 is 11.8 Å². The molecule has 0 aliphatic carbocycles. The molecule has 2 amide bonds. The number of aryl methyl sites for hydroxylation is 1. The number of β-amino-alcohol motifs (C(OH)–C–C–N with tert-alkyl or cyclic N) is 1. The average Bonchev–Trinajstić information content (AvgIpc) is 2.80. The number of imide groups is 1. The normalized spacial score (nSPS) is 14.8. The van der Waals surface area contributed by atoms with Gasteiger partial charge in [0.1, 0.15) is 18.5 Å². The molecule has 1 atom stereocenters. The van der Waals surface area contributed by atoms with E-state index in [1.807, 2.05) is 31.2 Å². The highest BCUT2D eigenvalue weighted by atomic mass is 16.5. The first-order valence-electron chi connectivity index (χ1n) is 7.39. The molecular formula is C18H17NO4. The molecule has 23 heavy (non-hydrogen) atoms. The minimum atomic E-state index is -0.946.